The van der Waals surface area contributed by atoms with Crippen LogP contribution in [0.5, 0.6) is 0 Å². The lowest BCUT2D eigenvalue weighted by Gasteiger charge is -2.34. The topological polar surface area (TPSA) is 69.7 Å². The molecule has 0 atom stereocenters. The number of nitrogens with zero attached hydrogens (tertiary/aromatic N) is 2. The molecule has 0 spiro atoms. The van der Waals surface area contributed by atoms with Gasteiger partial charge in [0.05, 0.1) is 11.3 Å². The largest absolute Gasteiger partial charge is 0.351 e. The maximum atomic E-state index is 12.6. The molecular weight excluding hydrogens is 537 g/mol. The van der Waals surface area contributed by atoms with Crippen LogP contribution in [0.2, 0.25) is 0 Å². The van der Waals surface area contributed by atoms with Crippen molar-refractivity contribution in [2.45, 2.75) is 6.42 Å². The van der Waals surface area contributed by atoms with E-state index in [1.807, 2.05) is 30.3 Å². The Morgan fingerprint density at radius 2 is 1.60 bits per heavy atom. The van der Waals surface area contributed by atoms with Gasteiger partial charge in [-0.3, -0.25) is 4.79 Å². The zero-order chi connectivity index (χ0) is 20.7. The van der Waals surface area contributed by atoms with Crippen molar-refractivity contribution in [1.29, 1.82) is 0 Å². The molecule has 0 aliphatic carbocycles. The molecule has 0 bridgehead atoms. The molecule has 6 nitrogen and oxygen atoms in total. The van der Waals surface area contributed by atoms with Crippen molar-refractivity contribution >= 4 is 50.9 Å². The third-order valence-corrected chi connectivity index (χ3v) is 7.86. The van der Waals surface area contributed by atoms with Crippen molar-refractivity contribution in [2.75, 3.05) is 45.0 Å². The summed E-state index contributed by atoms with van der Waals surface area (Å²) >= 11 is 2.10. The van der Waals surface area contributed by atoms with Gasteiger partial charge in [-0.1, -0.05) is 42.5 Å². The van der Waals surface area contributed by atoms with Crippen LogP contribution in [-0.4, -0.2) is 68.6 Å². The summed E-state index contributed by atoms with van der Waals surface area (Å²) in [5, 5.41) is 2.72. The lowest BCUT2D eigenvalue weighted by molar-refractivity contribution is 0.0955. The summed E-state index contributed by atoms with van der Waals surface area (Å²) in [5.41, 5.74) is 1.86. The number of hydrogen-bond acceptors (Lipinski definition) is 4. The fourth-order valence-electron chi connectivity index (χ4n) is 3.33. The van der Waals surface area contributed by atoms with Gasteiger partial charge in [-0.15, -0.1) is 12.4 Å². The van der Waals surface area contributed by atoms with Crippen LogP contribution in [0.15, 0.2) is 54.6 Å². The maximum Gasteiger partial charge on any atom is 0.252 e. The van der Waals surface area contributed by atoms with Crippen LogP contribution in [0.25, 0.3) is 0 Å². The van der Waals surface area contributed by atoms with Crippen LogP contribution < -0.4 is 5.32 Å². The highest BCUT2D eigenvalue weighted by Gasteiger charge is 2.26. The van der Waals surface area contributed by atoms with E-state index < -0.39 is 10.0 Å². The zero-order valence-corrected chi connectivity index (χ0v) is 20.5. The summed E-state index contributed by atoms with van der Waals surface area (Å²) in [7, 11) is -3.37. The van der Waals surface area contributed by atoms with Crippen LogP contribution in [0, 0.1) is 3.57 Å². The highest BCUT2D eigenvalue weighted by Crippen LogP contribution is 2.12. The van der Waals surface area contributed by atoms with Crippen LogP contribution in [-0.2, 0) is 16.4 Å². The first kappa shape index (κ1) is 25.1. The van der Waals surface area contributed by atoms with E-state index in [0.29, 0.717) is 18.7 Å². The van der Waals surface area contributed by atoms with Crippen LogP contribution in [0.3, 0.4) is 0 Å². The minimum atomic E-state index is -3.37. The first-order chi connectivity index (χ1) is 14.0. The maximum absolute atomic E-state index is 12.6. The number of piperazine rings is 1. The quantitative estimate of drug-likeness (QED) is 0.502. The number of amides is 1. The number of hydrogen-bond donors (Lipinski definition) is 1. The molecule has 1 saturated heterocycles. The second-order valence-electron chi connectivity index (χ2n) is 7.03. The predicted octanol–water partition coefficient (Wildman–Crippen LogP) is 2.63. The Morgan fingerprint density at radius 1 is 0.967 bits per heavy atom. The molecule has 0 radical (unpaired) electrons. The van der Waals surface area contributed by atoms with Gasteiger partial charge < -0.3 is 10.2 Å². The van der Waals surface area contributed by atoms with E-state index >= 15 is 0 Å². The number of nitrogens with one attached hydrogen (secondary N) is 1. The molecule has 3 rings (SSSR count). The molecule has 0 unspecified atom stereocenters. The third-order valence-electron chi connectivity index (χ3n) is 5.05. The summed E-state index contributed by atoms with van der Waals surface area (Å²) in [6, 6.07) is 17.6. The smallest absolute Gasteiger partial charge is 0.252 e. The number of halogens is 2. The molecule has 1 fully saturated rings. The minimum absolute atomic E-state index is 0. The Bertz CT molecular complexity index is 920. The fraction of sp³-hybridized carbons (Fsp3) is 0.381. The molecule has 164 valence electrons. The van der Waals surface area contributed by atoms with E-state index in [0.717, 1.165) is 29.6 Å². The van der Waals surface area contributed by atoms with E-state index in [4.69, 9.17) is 0 Å². The number of rotatable bonds is 8. The van der Waals surface area contributed by atoms with Crippen molar-refractivity contribution < 1.29 is 13.2 Å². The molecule has 1 N–H and O–H groups in total. The lowest BCUT2D eigenvalue weighted by atomic mass is 10.1. The van der Waals surface area contributed by atoms with Gasteiger partial charge in [0.1, 0.15) is 0 Å². The van der Waals surface area contributed by atoms with Crippen molar-refractivity contribution in [3.8, 4) is 0 Å². The van der Waals surface area contributed by atoms with Crippen molar-refractivity contribution in [1.82, 2.24) is 14.5 Å². The number of carbonyl (C=O) groups is 1. The molecule has 9 heteroatoms. The van der Waals surface area contributed by atoms with Gasteiger partial charge in [-0.25, -0.2) is 8.42 Å². The lowest BCUT2D eigenvalue weighted by Crippen LogP contribution is -2.50. The third kappa shape index (κ3) is 7.19. The predicted molar refractivity (Wildman–Crippen MR) is 131 cm³/mol. The van der Waals surface area contributed by atoms with E-state index in [9.17, 15) is 13.2 Å². The van der Waals surface area contributed by atoms with Crippen molar-refractivity contribution in [3.63, 3.8) is 0 Å². The molecule has 1 aliphatic rings. The fourth-order valence-corrected chi connectivity index (χ4v) is 5.30. The van der Waals surface area contributed by atoms with Gasteiger partial charge in [0.2, 0.25) is 10.0 Å². The molecule has 30 heavy (non-hydrogen) atoms. The Kier molecular flexibility index (Phi) is 10.0. The monoisotopic (exact) mass is 563 g/mol. The van der Waals surface area contributed by atoms with Crippen LogP contribution in [0.1, 0.15) is 15.9 Å². The first-order valence-corrected chi connectivity index (χ1v) is 12.4. The average Bonchev–Trinajstić information content (AvgIpc) is 2.73. The minimum Gasteiger partial charge on any atom is -0.351 e. The zero-order valence-electron chi connectivity index (χ0n) is 16.7. The standard InChI is InChI=1S/C21H26IN3O3S.ClH/c22-20-9-5-4-8-19(20)21(26)23-11-17-29(27,28)25-15-13-24(14-16-25)12-10-18-6-2-1-3-7-18;/h1-9H,10-17H2,(H,23,26);1H. The van der Waals surface area contributed by atoms with Crippen molar-refractivity contribution in [3.05, 3.63) is 69.3 Å². The summed E-state index contributed by atoms with van der Waals surface area (Å²) in [4.78, 5) is 14.5. The number of sulfonamides is 1. The second-order valence-corrected chi connectivity index (χ2v) is 10.3. The van der Waals surface area contributed by atoms with Gasteiger partial charge >= 0.3 is 0 Å². The van der Waals surface area contributed by atoms with Gasteiger partial charge in [-0.05, 0) is 46.7 Å². The molecule has 1 heterocycles. The summed E-state index contributed by atoms with van der Waals surface area (Å²) < 4.78 is 27.6. The molecule has 2 aromatic rings. The van der Waals surface area contributed by atoms with E-state index in [1.54, 1.807) is 16.4 Å². The Hall–Kier alpha value is -1.20. The summed E-state index contributed by atoms with van der Waals surface area (Å²) in [6.07, 6.45) is 0.970. The van der Waals surface area contributed by atoms with E-state index in [1.165, 1.54) is 5.56 Å². The Morgan fingerprint density at radius 3 is 2.27 bits per heavy atom. The SMILES string of the molecule is Cl.O=C(NCCS(=O)(=O)N1CCN(CCc2ccccc2)CC1)c1ccccc1I. The van der Waals surface area contributed by atoms with Gasteiger partial charge in [-0.2, -0.15) is 4.31 Å². The van der Waals surface area contributed by atoms with Gasteiger partial charge in [0.25, 0.3) is 5.91 Å². The van der Waals surface area contributed by atoms with E-state index in [-0.39, 0.29) is 30.6 Å². The molecule has 0 aromatic heterocycles. The highest BCUT2D eigenvalue weighted by molar-refractivity contribution is 14.1. The Labute approximate surface area is 198 Å². The number of benzene rings is 2. The highest BCUT2D eigenvalue weighted by atomic mass is 127. The van der Waals surface area contributed by atoms with Crippen LogP contribution in [0.4, 0.5) is 0 Å². The summed E-state index contributed by atoms with van der Waals surface area (Å²) in [5.74, 6) is -0.317. The average molecular weight is 564 g/mol. The molecular formula is C21H27ClIN3O3S. The number of carbonyl (C=O) groups excluding carboxylic acids is 1. The first-order valence-electron chi connectivity index (χ1n) is 9.72. The van der Waals surface area contributed by atoms with Gasteiger partial charge in [0.15, 0.2) is 0 Å². The molecule has 1 amide bonds. The second kappa shape index (κ2) is 12.0. The molecule has 2 aromatic carbocycles. The Balaban J connectivity index is 0.00000320. The summed E-state index contributed by atoms with van der Waals surface area (Å²) in [6.45, 7) is 3.52. The molecule has 1 aliphatic heterocycles. The van der Waals surface area contributed by atoms with Crippen molar-refractivity contribution in [2.24, 2.45) is 0 Å². The van der Waals surface area contributed by atoms with E-state index in [2.05, 4.69) is 44.9 Å². The normalized spacial score (nSPS) is 15.4. The molecule has 0 saturated carbocycles. The van der Waals surface area contributed by atoms with Gasteiger partial charge in [0, 0.05) is 42.8 Å². The van der Waals surface area contributed by atoms with Crippen LogP contribution >= 0.6 is 35.0 Å².